The number of pyridine rings is 1. The highest BCUT2D eigenvalue weighted by Gasteiger charge is 2.26. The minimum absolute atomic E-state index is 0.0330. The number of hydrogen-bond acceptors (Lipinski definition) is 6. The van der Waals surface area contributed by atoms with Crippen molar-refractivity contribution in [1.82, 2.24) is 29.0 Å². The molecule has 4 heterocycles. The standard InChI is InChI=1S/C24H22F3N7O2/c1-13(15-4-3-5-16(19(15)25)20(26)27)31-21-17-8-18(23(35)32(2)22(17)30-11-29-21)24(36)33-6-7-34-12-28-9-14(34)10-33/h3-5,8-9,11-13,20H,6-7,10H2,1-2H3,(H,29,30,31)/t13-/m1/s1. The topological polar surface area (TPSA) is 97.9 Å². The fourth-order valence-electron chi connectivity index (χ4n) is 4.42. The molecular formula is C24H22F3N7O2. The molecule has 9 nitrogen and oxygen atoms in total. The van der Waals surface area contributed by atoms with Crippen LogP contribution in [0.3, 0.4) is 0 Å². The Labute approximate surface area is 203 Å². The molecule has 3 aromatic heterocycles. The number of benzene rings is 1. The molecule has 1 aliphatic rings. The Balaban J connectivity index is 1.52. The van der Waals surface area contributed by atoms with Crippen molar-refractivity contribution in [3.8, 4) is 0 Å². The van der Waals surface area contributed by atoms with E-state index in [1.54, 1.807) is 24.3 Å². The van der Waals surface area contributed by atoms with Gasteiger partial charge in [0.25, 0.3) is 17.9 Å². The molecule has 12 heteroatoms. The number of aromatic nitrogens is 5. The smallest absolute Gasteiger partial charge is 0.266 e. The van der Waals surface area contributed by atoms with Crippen LogP contribution in [0.1, 0.15) is 46.6 Å². The highest BCUT2D eigenvalue weighted by molar-refractivity contribution is 5.99. The van der Waals surface area contributed by atoms with Crippen LogP contribution in [-0.4, -0.2) is 41.4 Å². The van der Waals surface area contributed by atoms with Crippen LogP contribution in [0, 0.1) is 5.82 Å². The van der Waals surface area contributed by atoms with Crippen LogP contribution in [0.2, 0.25) is 0 Å². The van der Waals surface area contributed by atoms with Crippen molar-refractivity contribution in [1.29, 1.82) is 0 Å². The first-order chi connectivity index (χ1) is 17.3. The van der Waals surface area contributed by atoms with E-state index in [-0.39, 0.29) is 22.6 Å². The zero-order valence-electron chi connectivity index (χ0n) is 19.5. The monoisotopic (exact) mass is 497 g/mol. The highest BCUT2D eigenvalue weighted by Crippen LogP contribution is 2.30. The number of imidazole rings is 1. The molecule has 0 radical (unpaired) electrons. The molecule has 0 fully saturated rings. The van der Waals surface area contributed by atoms with Gasteiger partial charge in [0.15, 0.2) is 0 Å². The van der Waals surface area contributed by atoms with Crippen molar-refractivity contribution >= 4 is 22.8 Å². The largest absolute Gasteiger partial charge is 0.363 e. The first-order valence-electron chi connectivity index (χ1n) is 11.2. The molecule has 0 unspecified atom stereocenters. The predicted molar refractivity (Wildman–Crippen MR) is 125 cm³/mol. The summed E-state index contributed by atoms with van der Waals surface area (Å²) in [4.78, 5) is 40.5. The lowest BCUT2D eigenvalue weighted by atomic mass is 10.0. The molecule has 0 bridgehead atoms. The third-order valence-corrected chi connectivity index (χ3v) is 6.40. The van der Waals surface area contributed by atoms with Crippen LogP contribution in [0.15, 0.2) is 47.9 Å². The fourth-order valence-corrected chi connectivity index (χ4v) is 4.42. The summed E-state index contributed by atoms with van der Waals surface area (Å²) >= 11 is 0. The summed E-state index contributed by atoms with van der Waals surface area (Å²) < 4.78 is 44.3. The zero-order chi connectivity index (χ0) is 25.6. The summed E-state index contributed by atoms with van der Waals surface area (Å²) in [6, 6.07) is 4.49. The first kappa shape index (κ1) is 23.5. The van der Waals surface area contributed by atoms with Gasteiger partial charge in [-0.2, -0.15) is 0 Å². The van der Waals surface area contributed by atoms with E-state index in [9.17, 15) is 22.8 Å². The number of rotatable bonds is 5. The van der Waals surface area contributed by atoms with E-state index in [0.717, 1.165) is 11.8 Å². The minimum Gasteiger partial charge on any atom is -0.363 e. The third-order valence-electron chi connectivity index (χ3n) is 6.40. The van der Waals surface area contributed by atoms with Crippen LogP contribution < -0.4 is 10.9 Å². The summed E-state index contributed by atoms with van der Waals surface area (Å²) in [6.07, 6.45) is 1.66. The van der Waals surface area contributed by atoms with Gasteiger partial charge in [-0.05, 0) is 13.0 Å². The van der Waals surface area contributed by atoms with Crippen molar-refractivity contribution in [3.05, 3.63) is 81.7 Å². The van der Waals surface area contributed by atoms with Crippen LogP contribution in [0.25, 0.3) is 11.0 Å². The summed E-state index contributed by atoms with van der Waals surface area (Å²) in [6.45, 7) is 2.89. The number of nitrogens with one attached hydrogen (secondary N) is 1. The molecule has 0 saturated carbocycles. The minimum atomic E-state index is -2.95. The van der Waals surface area contributed by atoms with Gasteiger partial charge < -0.3 is 14.8 Å². The Kier molecular flexibility index (Phi) is 5.94. The van der Waals surface area contributed by atoms with E-state index in [1.165, 1.54) is 36.1 Å². The molecule has 1 aromatic carbocycles. The van der Waals surface area contributed by atoms with Crippen molar-refractivity contribution in [2.24, 2.45) is 7.05 Å². The number of aryl methyl sites for hydroxylation is 1. The fraction of sp³-hybridized carbons (Fsp3) is 0.292. The van der Waals surface area contributed by atoms with E-state index < -0.39 is 35.3 Å². The summed E-state index contributed by atoms with van der Waals surface area (Å²) in [5, 5.41) is 3.39. The second-order valence-corrected chi connectivity index (χ2v) is 8.60. The van der Waals surface area contributed by atoms with Crippen LogP contribution in [0.5, 0.6) is 0 Å². The number of carbonyl (C=O) groups excluding carboxylic acids is 1. The van der Waals surface area contributed by atoms with Crippen molar-refractivity contribution in [2.75, 3.05) is 11.9 Å². The number of halogens is 3. The normalized spacial score (nSPS) is 14.2. The van der Waals surface area contributed by atoms with Crippen molar-refractivity contribution < 1.29 is 18.0 Å². The van der Waals surface area contributed by atoms with E-state index in [0.29, 0.717) is 25.0 Å². The van der Waals surface area contributed by atoms with E-state index in [1.807, 2.05) is 4.57 Å². The number of nitrogens with zero attached hydrogens (tertiary/aromatic N) is 6. The van der Waals surface area contributed by atoms with Gasteiger partial charge in [0, 0.05) is 31.9 Å². The Bertz CT molecular complexity index is 1530. The molecule has 5 rings (SSSR count). The number of fused-ring (bicyclic) bond motifs is 2. The lowest BCUT2D eigenvalue weighted by Gasteiger charge is -2.28. The summed E-state index contributed by atoms with van der Waals surface area (Å²) in [7, 11) is 1.50. The molecule has 1 aliphatic heterocycles. The molecular weight excluding hydrogens is 475 g/mol. The number of anilines is 1. The predicted octanol–water partition coefficient (Wildman–Crippen LogP) is 3.43. The van der Waals surface area contributed by atoms with Gasteiger partial charge in [0.1, 0.15) is 29.2 Å². The number of alkyl halides is 2. The van der Waals surface area contributed by atoms with Gasteiger partial charge in [-0.25, -0.2) is 28.1 Å². The zero-order valence-corrected chi connectivity index (χ0v) is 19.5. The third kappa shape index (κ3) is 3.97. The lowest BCUT2D eigenvalue weighted by molar-refractivity contribution is 0.0709. The molecule has 4 aromatic rings. The average molecular weight is 497 g/mol. The second-order valence-electron chi connectivity index (χ2n) is 8.60. The Hall–Kier alpha value is -4.22. The van der Waals surface area contributed by atoms with Crippen LogP contribution >= 0.6 is 0 Å². The number of carbonyl (C=O) groups is 1. The van der Waals surface area contributed by atoms with Crippen molar-refractivity contribution in [3.63, 3.8) is 0 Å². The maximum absolute atomic E-state index is 14.7. The van der Waals surface area contributed by atoms with E-state index in [2.05, 4.69) is 20.3 Å². The summed E-state index contributed by atoms with van der Waals surface area (Å²) in [5.74, 6) is -1.21. The van der Waals surface area contributed by atoms with Gasteiger partial charge in [-0.3, -0.25) is 14.2 Å². The summed E-state index contributed by atoms with van der Waals surface area (Å²) in [5.41, 5.74) is -0.105. The highest BCUT2D eigenvalue weighted by atomic mass is 19.3. The maximum Gasteiger partial charge on any atom is 0.266 e. The van der Waals surface area contributed by atoms with Gasteiger partial charge in [0.2, 0.25) is 0 Å². The SMILES string of the molecule is C[C@@H](Nc1ncnc2c1cc(C(=O)N1CCn3cncc3C1)c(=O)n2C)c1cccc(C(F)F)c1F. The van der Waals surface area contributed by atoms with Crippen LogP contribution in [-0.2, 0) is 20.1 Å². The molecule has 1 amide bonds. The average Bonchev–Trinajstić information content (AvgIpc) is 3.34. The molecule has 0 spiro atoms. The second kappa shape index (κ2) is 9.10. The van der Waals surface area contributed by atoms with E-state index >= 15 is 0 Å². The first-order valence-corrected chi connectivity index (χ1v) is 11.2. The molecule has 36 heavy (non-hydrogen) atoms. The van der Waals surface area contributed by atoms with Crippen LogP contribution in [0.4, 0.5) is 19.0 Å². The molecule has 1 atom stereocenters. The molecule has 0 saturated heterocycles. The quantitative estimate of drug-likeness (QED) is 0.454. The molecule has 1 N–H and O–H groups in total. The Morgan fingerprint density at radius 2 is 1.94 bits per heavy atom. The lowest BCUT2D eigenvalue weighted by Crippen LogP contribution is -2.41. The van der Waals surface area contributed by atoms with Gasteiger partial charge in [0.05, 0.1) is 35.6 Å². The van der Waals surface area contributed by atoms with Gasteiger partial charge in [-0.15, -0.1) is 0 Å². The van der Waals surface area contributed by atoms with E-state index in [4.69, 9.17) is 0 Å². The Morgan fingerprint density at radius 1 is 1.17 bits per heavy atom. The van der Waals surface area contributed by atoms with Gasteiger partial charge >= 0.3 is 0 Å². The van der Waals surface area contributed by atoms with Gasteiger partial charge in [-0.1, -0.05) is 18.2 Å². The maximum atomic E-state index is 14.7. The molecule has 186 valence electrons. The Morgan fingerprint density at radius 3 is 2.72 bits per heavy atom. The molecule has 0 aliphatic carbocycles. The van der Waals surface area contributed by atoms with Crippen molar-refractivity contribution in [2.45, 2.75) is 32.5 Å². The number of hydrogen-bond donors (Lipinski definition) is 1. The number of amides is 1.